The maximum absolute atomic E-state index is 12.7. The predicted octanol–water partition coefficient (Wildman–Crippen LogP) is 0.821. The highest BCUT2D eigenvalue weighted by atomic mass is 35.5. The third-order valence-corrected chi connectivity index (χ3v) is 5.86. The van der Waals surface area contributed by atoms with Crippen LogP contribution < -0.4 is 11.1 Å². The number of piperazine rings is 1. The standard InChI is InChI=1S/C12H16ClN3O3S/c1-12(2)11(17)15-5-6-16(12)20(18,19)10-4-3-8(14)7-9(10)13/h3-4,7H,5-6,14H2,1-2H3,(H,15,17). The van der Waals surface area contributed by atoms with E-state index in [-0.39, 0.29) is 28.9 Å². The number of rotatable bonds is 2. The summed E-state index contributed by atoms with van der Waals surface area (Å²) in [4.78, 5) is 11.8. The Hall–Kier alpha value is -1.31. The molecule has 0 aliphatic carbocycles. The molecule has 0 aromatic heterocycles. The number of carbonyl (C=O) groups is 1. The Kier molecular flexibility index (Phi) is 3.70. The quantitative estimate of drug-likeness (QED) is 0.790. The maximum atomic E-state index is 12.7. The van der Waals surface area contributed by atoms with Crippen molar-refractivity contribution in [1.82, 2.24) is 9.62 Å². The second-order valence-corrected chi connectivity index (χ2v) is 7.32. The molecule has 1 heterocycles. The molecule has 3 N–H and O–H groups in total. The molecule has 0 bridgehead atoms. The van der Waals surface area contributed by atoms with Crippen molar-refractivity contribution in [3.63, 3.8) is 0 Å². The van der Waals surface area contributed by atoms with Gasteiger partial charge < -0.3 is 11.1 Å². The summed E-state index contributed by atoms with van der Waals surface area (Å²) in [5.74, 6) is -0.334. The minimum Gasteiger partial charge on any atom is -0.399 e. The van der Waals surface area contributed by atoms with Crippen molar-refractivity contribution >= 4 is 33.2 Å². The second kappa shape index (κ2) is 4.91. The minimum absolute atomic E-state index is 0.0452. The van der Waals surface area contributed by atoms with Gasteiger partial charge in [-0.3, -0.25) is 4.79 Å². The van der Waals surface area contributed by atoms with Crippen molar-refractivity contribution in [3.8, 4) is 0 Å². The van der Waals surface area contributed by atoms with Crippen LogP contribution in [0.15, 0.2) is 23.1 Å². The van der Waals surface area contributed by atoms with Crippen LogP contribution in [0.25, 0.3) is 0 Å². The molecule has 0 unspecified atom stereocenters. The van der Waals surface area contributed by atoms with E-state index in [4.69, 9.17) is 17.3 Å². The summed E-state index contributed by atoms with van der Waals surface area (Å²) in [7, 11) is -3.87. The van der Waals surface area contributed by atoms with Gasteiger partial charge in [-0.25, -0.2) is 8.42 Å². The normalized spacial score (nSPS) is 19.6. The van der Waals surface area contributed by atoms with E-state index in [1.165, 1.54) is 18.2 Å². The summed E-state index contributed by atoms with van der Waals surface area (Å²) in [5, 5.41) is 2.70. The highest BCUT2D eigenvalue weighted by Crippen LogP contribution is 2.31. The Morgan fingerprint density at radius 1 is 1.40 bits per heavy atom. The van der Waals surface area contributed by atoms with Crippen LogP contribution in [0, 0.1) is 0 Å². The van der Waals surface area contributed by atoms with Crippen LogP contribution in [-0.4, -0.2) is 37.3 Å². The van der Waals surface area contributed by atoms with Crippen molar-refractivity contribution in [3.05, 3.63) is 23.2 Å². The van der Waals surface area contributed by atoms with E-state index in [1.807, 2.05) is 0 Å². The molecule has 8 heteroatoms. The first-order valence-electron chi connectivity index (χ1n) is 6.03. The monoisotopic (exact) mass is 317 g/mol. The number of sulfonamides is 1. The van der Waals surface area contributed by atoms with Crippen LogP contribution in [-0.2, 0) is 14.8 Å². The maximum Gasteiger partial charge on any atom is 0.245 e. The summed E-state index contributed by atoms with van der Waals surface area (Å²) < 4.78 is 26.6. The molecule has 20 heavy (non-hydrogen) atoms. The molecule has 0 radical (unpaired) electrons. The van der Waals surface area contributed by atoms with Crippen molar-refractivity contribution < 1.29 is 13.2 Å². The Morgan fingerprint density at radius 3 is 2.65 bits per heavy atom. The Balaban J connectivity index is 2.52. The average Bonchev–Trinajstić information content (AvgIpc) is 2.31. The largest absolute Gasteiger partial charge is 0.399 e. The average molecular weight is 318 g/mol. The lowest BCUT2D eigenvalue weighted by atomic mass is 10.0. The van der Waals surface area contributed by atoms with Gasteiger partial charge in [-0.2, -0.15) is 4.31 Å². The molecule has 0 atom stereocenters. The Bertz CT molecular complexity index is 658. The lowest BCUT2D eigenvalue weighted by molar-refractivity contribution is -0.131. The van der Waals surface area contributed by atoms with Gasteiger partial charge in [0.25, 0.3) is 0 Å². The number of benzene rings is 1. The van der Waals surface area contributed by atoms with Gasteiger partial charge >= 0.3 is 0 Å². The summed E-state index contributed by atoms with van der Waals surface area (Å²) in [5.41, 5.74) is 4.78. The first-order valence-corrected chi connectivity index (χ1v) is 7.85. The molecular weight excluding hydrogens is 302 g/mol. The van der Waals surface area contributed by atoms with Crippen LogP contribution in [0.2, 0.25) is 5.02 Å². The van der Waals surface area contributed by atoms with Gasteiger partial charge in [-0.15, -0.1) is 0 Å². The highest BCUT2D eigenvalue weighted by molar-refractivity contribution is 7.89. The van der Waals surface area contributed by atoms with Crippen LogP contribution in [0.3, 0.4) is 0 Å². The van der Waals surface area contributed by atoms with Crippen molar-refractivity contribution in [1.29, 1.82) is 0 Å². The second-order valence-electron chi connectivity index (χ2n) is 5.08. The zero-order valence-electron chi connectivity index (χ0n) is 11.2. The number of nitrogens with zero attached hydrogens (tertiary/aromatic N) is 1. The molecule has 1 aliphatic rings. The minimum atomic E-state index is -3.87. The molecule has 110 valence electrons. The Morgan fingerprint density at radius 2 is 2.05 bits per heavy atom. The number of nitrogens with one attached hydrogen (secondary N) is 1. The van der Waals surface area contributed by atoms with Gasteiger partial charge in [0.05, 0.1) is 5.02 Å². The predicted molar refractivity (Wildman–Crippen MR) is 76.8 cm³/mol. The molecule has 6 nitrogen and oxygen atoms in total. The molecule has 0 spiro atoms. The van der Waals surface area contributed by atoms with Gasteiger partial charge in [-0.05, 0) is 32.0 Å². The number of hydrogen-bond donors (Lipinski definition) is 2. The summed E-state index contributed by atoms with van der Waals surface area (Å²) >= 11 is 5.98. The number of anilines is 1. The third kappa shape index (κ3) is 2.36. The highest BCUT2D eigenvalue weighted by Gasteiger charge is 2.45. The van der Waals surface area contributed by atoms with Crippen LogP contribution in [0.1, 0.15) is 13.8 Å². The van der Waals surface area contributed by atoms with Crippen LogP contribution >= 0.6 is 11.6 Å². The zero-order valence-corrected chi connectivity index (χ0v) is 12.8. The van der Waals surface area contributed by atoms with E-state index in [9.17, 15) is 13.2 Å². The summed E-state index contributed by atoms with van der Waals surface area (Å²) in [6.45, 7) is 3.59. The van der Waals surface area contributed by atoms with Crippen molar-refractivity contribution in [2.24, 2.45) is 0 Å². The van der Waals surface area contributed by atoms with E-state index in [1.54, 1.807) is 13.8 Å². The third-order valence-electron chi connectivity index (χ3n) is 3.30. The van der Waals surface area contributed by atoms with E-state index >= 15 is 0 Å². The number of carbonyl (C=O) groups excluding carboxylic acids is 1. The topological polar surface area (TPSA) is 92.5 Å². The first-order chi connectivity index (χ1) is 9.17. The van der Waals surface area contributed by atoms with Crippen LogP contribution in [0.5, 0.6) is 0 Å². The number of amides is 1. The fourth-order valence-electron chi connectivity index (χ4n) is 2.15. The van der Waals surface area contributed by atoms with Crippen molar-refractivity contribution in [2.75, 3.05) is 18.8 Å². The molecule has 1 fully saturated rings. The summed E-state index contributed by atoms with van der Waals surface area (Å²) in [6, 6.07) is 4.21. The van der Waals surface area contributed by atoms with E-state index < -0.39 is 15.6 Å². The van der Waals surface area contributed by atoms with E-state index in [2.05, 4.69) is 5.32 Å². The molecule has 0 saturated carbocycles. The molecule has 1 amide bonds. The lowest BCUT2D eigenvalue weighted by Crippen LogP contribution is -2.63. The number of halogens is 1. The number of nitrogen functional groups attached to an aromatic ring is 1. The van der Waals surface area contributed by atoms with Crippen molar-refractivity contribution in [2.45, 2.75) is 24.3 Å². The van der Waals surface area contributed by atoms with Crippen LogP contribution in [0.4, 0.5) is 5.69 Å². The van der Waals surface area contributed by atoms with Gasteiger partial charge in [0.2, 0.25) is 15.9 Å². The molecule has 1 aromatic rings. The molecule has 1 saturated heterocycles. The zero-order chi connectivity index (χ0) is 15.1. The molecular formula is C12H16ClN3O3S. The number of hydrogen-bond acceptors (Lipinski definition) is 4. The van der Waals surface area contributed by atoms with E-state index in [0.29, 0.717) is 5.69 Å². The van der Waals surface area contributed by atoms with Gasteiger partial charge in [0.15, 0.2) is 0 Å². The first kappa shape index (κ1) is 15.1. The molecule has 2 rings (SSSR count). The SMILES string of the molecule is CC1(C)C(=O)NCCN1S(=O)(=O)c1ccc(N)cc1Cl. The molecule has 1 aromatic carbocycles. The fraction of sp³-hybridized carbons (Fsp3) is 0.417. The smallest absolute Gasteiger partial charge is 0.245 e. The number of nitrogens with two attached hydrogens (primary N) is 1. The summed E-state index contributed by atoms with van der Waals surface area (Å²) in [6.07, 6.45) is 0. The molecule has 1 aliphatic heterocycles. The fourth-order valence-corrected chi connectivity index (χ4v) is 4.43. The van der Waals surface area contributed by atoms with Gasteiger partial charge in [0.1, 0.15) is 10.4 Å². The van der Waals surface area contributed by atoms with E-state index in [0.717, 1.165) is 4.31 Å². The Labute approximate surface area is 122 Å². The van der Waals surface area contributed by atoms with Gasteiger partial charge in [0, 0.05) is 18.8 Å². The van der Waals surface area contributed by atoms with Gasteiger partial charge in [-0.1, -0.05) is 11.6 Å². The lowest BCUT2D eigenvalue weighted by Gasteiger charge is -2.39.